The van der Waals surface area contributed by atoms with Crippen LogP contribution in [0.2, 0.25) is 0 Å². The average molecular weight is 404 g/mol. The number of rotatable bonds is 6. The summed E-state index contributed by atoms with van der Waals surface area (Å²) in [6, 6.07) is 19.1. The van der Waals surface area contributed by atoms with Crippen molar-refractivity contribution in [3.8, 4) is 17.4 Å². The Morgan fingerprint density at radius 3 is 2.66 bits per heavy atom. The van der Waals surface area contributed by atoms with Crippen molar-refractivity contribution in [3.63, 3.8) is 0 Å². The smallest absolute Gasteiger partial charge is 0.261 e. The second-order valence-electron chi connectivity index (χ2n) is 6.52. The normalized spacial score (nSPS) is 10.7. The number of carbonyl (C=O) groups is 1. The van der Waals surface area contributed by atoms with Crippen LogP contribution in [0.15, 0.2) is 66.9 Å². The Labute approximate surface area is 172 Å². The maximum Gasteiger partial charge on any atom is 0.261 e. The van der Waals surface area contributed by atoms with Gasteiger partial charge in [0.15, 0.2) is 0 Å². The summed E-state index contributed by atoms with van der Waals surface area (Å²) < 4.78 is 12.1. The molecule has 6 heteroatoms. The van der Waals surface area contributed by atoms with E-state index in [0.29, 0.717) is 18.2 Å². The molecule has 0 aliphatic rings. The molecule has 4 aromatic rings. The van der Waals surface area contributed by atoms with Crippen molar-refractivity contribution in [2.75, 3.05) is 7.11 Å². The molecule has 0 aliphatic heterocycles. The molecule has 2 aromatic carbocycles. The molecule has 146 valence electrons. The van der Waals surface area contributed by atoms with Crippen molar-refractivity contribution < 1.29 is 14.3 Å². The number of nitrogens with zero attached hydrogens (tertiary/aromatic N) is 1. The molecule has 0 radical (unpaired) electrons. The molecule has 0 aliphatic carbocycles. The lowest BCUT2D eigenvalue weighted by Gasteiger charge is -2.08. The number of benzene rings is 2. The molecule has 5 nitrogen and oxygen atoms in total. The van der Waals surface area contributed by atoms with E-state index in [0.717, 1.165) is 31.8 Å². The zero-order chi connectivity index (χ0) is 20.2. The second kappa shape index (κ2) is 8.32. The number of methoxy groups -OCH3 is 1. The number of carbonyl (C=O) groups excluding carboxylic acids is 1. The first-order valence-corrected chi connectivity index (χ1v) is 9.99. The predicted octanol–water partition coefficient (Wildman–Crippen LogP) is 5.34. The minimum atomic E-state index is -0.0691. The van der Waals surface area contributed by atoms with Crippen LogP contribution in [0.1, 0.15) is 20.8 Å². The molecule has 0 spiro atoms. The van der Waals surface area contributed by atoms with E-state index in [1.165, 1.54) is 11.3 Å². The number of amides is 1. The van der Waals surface area contributed by atoms with Gasteiger partial charge < -0.3 is 14.8 Å². The fraction of sp³-hybridized carbons (Fsp3) is 0.130. The monoisotopic (exact) mass is 404 g/mol. The molecule has 1 amide bonds. The summed E-state index contributed by atoms with van der Waals surface area (Å²) in [4.78, 5) is 17.7. The maximum absolute atomic E-state index is 12.6. The Bertz CT molecular complexity index is 1150. The Morgan fingerprint density at radius 2 is 1.90 bits per heavy atom. The summed E-state index contributed by atoms with van der Waals surface area (Å²) in [7, 11) is 1.61. The van der Waals surface area contributed by atoms with Gasteiger partial charge in [0, 0.05) is 29.6 Å². The number of hydrogen-bond acceptors (Lipinski definition) is 5. The van der Waals surface area contributed by atoms with E-state index in [1.54, 1.807) is 25.4 Å². The van der Waals surface area contributed by atoms with Crippen molar-refractivity contribution in [2.45, 2.75) is 13.5 Å². The average Bonchev–Trinajstić information content (AvgIpc) is 3.10. The van der Waals surface area contributed by atoms with Crippen LogP contribution in [0.25, 0.3) is 10.1 Å². The topological polar surface area (TPSA) is 60.5 Å². The first-order chi connectivity index (χ1) is 14.1. The molecule has 1 N–H and O–H groups in total. The third-order valence-corrected chi connectivity index (χ3v) is 5.84. The number of nitrogens with one attached hydrogen (secondary N) is 1. The standard InChI is InChI=1S/C23H20N2O3S/c1-15-19-8-3-4-9-20(19)29-22(15)23(26)25-14-16-10-11-21(24-13-16)28-18-7-5-6-17(12-18)27-2/h3-13H,14H2,1-2H3,(H,25,26). The molecule has 4 rings (SSSR count). The van der Waals surface area contributed by atoms with Gasteiger partial charge in [-0.2, -0.15) is 0 Å². The van der Waals surface area contributed by atoms with Crippen LogP contribution < -0.4 is 14.8 Å². The van der Waals surface area contributed by atoms with Crippen LogP contribution in [0.4, 0.5) is 0 Å². The first kappa shape index (κ1) is 19.0. The van der Waals surface area contributed by atoms with Gasteiger partial charge in [-0.05, 0) is 41.6 Å². The molecule has 0 bridgehead atoms. The van der Waals surface area contributed by atoms with Crippen molar-refractivity contribution in [1.82, 2.24) is 10.3 Å². The van der Waals surface area contributed by atoms with Gasteiger partial charge in [-0.25, -0.2) is 4.98 Å². The van der Waals surface area contributed by atoms with Crippen LogP contribution in [-0.4, -0.2) is 18.0 Å². The summed E-state index contributed by atoms with van der Waals surface area (Å²) in [5, 5.41) is 4.10. The van der Waals surface area contributed by atoms with E-state index < -0.39 is 0 Å². The van der Waals surface area contributed by atoms with E-state index in [4.69, 9.17) is 9.47 Å². The van der Waals surface area contributed by atoms with Gasteiger partial charge in [0.05, 0.1) is 12.0 Å². The fourth-order valence-corrected chi connectivity index (χ4v) is 4.14. The highest BCUT2D eigenvalue weighted by molar-refractivity contribution is 7.21. The molecule has 2 aromatic heterocycles. The first-order valence-electron chi connectivity index (χ1n) is 9.17. The number of thiophene rings is 1. The number of aromatic nitrogens is 1. The Hall–Kier alpha value is -3.38. The number of aryl methyl sites for hydroxylation is 1. The summed E-state index contributed by atoms with van der Waals surface area (Å²) in [6.07, 6.45) is 1.70. The van der Waals surface area contributed by atoms with Crippen molar-refractivity contribution in [2.24, 2.45) is 0 Å². The van der Waals surface area contributed by atoms with Gasteiger partial charge in [0.1, 0.15) is 11.5 Å². The minimum absolute atomic E-state index is 0.0691. The van der Waals surface area contributed by atoms with Crippen LogP contribution in [0.5, 0.6) is 17.4 Å². The Balaban J connectivity index is 1.39. The van der Waals surface area contributed by atoms with Crippen molar-refractivity contribution in [1.29, 1.82) is 0 Å². The van der Waals surface area contributed by atoms with Crippen LogP contribution in [0, 0.1) is 6.92 Å². The number of hydrogen-bond donors (Lipinski definition) is 1. The highest BCUT2D eigenvalue weighted by atomic mass is 32.1. The van der Waals surface area contributed by atoms with Crippen LogP contribution >= 0.6 is 11.3 Å². The number of fused-ring (bicyclic) bond motifs is 1. The third kappa shape index (κ3) is 4.22. The lowest BCUT2D eigenvalue weighted by atomic mass is 10.1. The molecular formula is C23H20N2O3S. The summed E-state index contributed by atoms with van der Waals surface area (Å²) in [6.45, 7) is 2.39. The molecule has 0 saturated carbocycles. The molecule has 0 saturated heterocycles. The van der Waals surface area contributed by atoms with Gasteiger partial charge >= 0.3 is 0 Å². The molecule has 0 unspecified atom stereocenters. The van der Waals surface area contributed by atoms with Crippen molar-refractivity contribution in [3.05, 3.63) is 82.9 Å². The summed E-state index contributed by atoms with van der Waals surface area (Å²) in [5.74, 6) is 1.78. The van der Waals surface area contributed by atoms with E-state index in [1.807, 2.05) is 55.5 Å². The van der Waals surface area contributed by atoms with E-state index in [-0.39, 0.29) is 5.91 Å². The lowest BCUT2D eigenvalue weighted by Crippen LogP contribution is -2.22. The molecule has 0 atom stereocenters. The predicted molar refractivity (Wildman–Crippen MR) is 115 cm³/mol. The van der Waals surface area contributed by atoms with Gasteiger partial charge in [-0.15, -0.1) is 11.3 Å². The van der Waals surface area contributed by atoms with Crippen LogP contribution in [0.3, 0.4) is 0 Å². The minimum Gasteiger partial charge on any atom is -0.497 e. The highest BCUT2D eigenvalue weighted by Gasteiger charge is 2.15. The van der Waals surface area contributed by atoms with Crippen molar-refractivity contribution >= 4 is 27.3 Å². The van der Waals surface area contributed by atoms with Gasteiger partial charge in [0.2, 0.25) is 5.88 Å². The van der Waals surface area contributed by atoms with Gasteiger partial charge in [-0.3, -0.25) is 4.79 Å². The summed E-state index contributed by atoms with van der Waals surface area (Å²) >= 11 is 1.52. The number of pyridine rings is 1. The van der Waals surface area contributed by atoms with Crippen LogP contribution in [-0.2, 0) is 6.54 Å². The van der Waals surface area contributed by atoms with E-state index >= 15 is 0 Å². The zero-order valence-electron chi connectivity index (χ0n) is 16.1. The van der Waals surface area contributed by atoms with E-state index in [9.17, 15) is 4.79 Å². The Morgan fingerprint density at radius 1 is 1.07 bits per heavy atom. The third-order valence-electron chi connectivity index (χ3n) is 4.56. The van der Waals surface area contributed by atoms with Gasteiger partial charge in [0.25, 0.3) is 5.91 Å². The molecule has 0 fully saturated rings. The SMILES string of the molecule is COc1cccc(Oc2ccc(CNC(=O)c3sc4ccccc4c3C)cn2)c1. The molecular weight excluding hydrogens is 384 g/mol. The zero-order valence-corrected chi connectivity index (χ0v) is 17.0. The summed E-state index contributed by atoms with van der Waals surface area (Å²) in [5.41, 5.74) is 1.92. The second-order valence-corrected chi connectivity index (χ2v) is 7.57. The lowest BCUT2D eigenvalue weighted by molar-refractivity contribution is 0.0954. The highest BCUT2D eigenvalue weighted by Crippen LogP contribution is 2.30. The maximum atomic E-state index is 12.6. The Kier molecular flexibility index (Phi) is 5.44. The molecule has 29 heavy (non-hydrogen) atoms. The number of ether oxygens (including phenoxy) is 2. The largest absolute Gasteiger partial charge is 0.497 e. The van der Waals surface area contributed by atoms with E-state index in [2.05, 4.69) is 10.3 Å². The fourth-order valence-electron chi connectivity index (χ4n) is 3.01. The quantitative estimate of drug-likeness (QED) is 0.471. The van der Waals surface area contributed by atoms with Gasteiger partial charge in [-0.1, -0.05) is 30.3 Å². The molecule has 2 heterocycles.